The highest BCUT2D eigenvalue weighted by Crippen LogP contribution is 2.25. The Hall–Kier alpha value is 0.730. The van der Waals surface area contributed by atoms with Crippen LogP contribution in [0.4, 0.5) is 0 Å². The molecule has 2 atom stereocenters. The van der Waals surface area contributed by atoms with Gasteiger partial charge in [0.25, 0.3) is 0 Å². The van der Waals surface area contributed by atoms with Gasteiger partial charge in [0.05, 0.1) is 12.9 Å². The van der Waals surface area contributed by atoms with Gasteiger partial charge in [-0.2, -0.15) is 11.8 Å². The molecule has 0 aliphatic rings. The lowest BCUT2D eigenvalue weighted by atomic mass is 10.0. The highest BCUT2D eigenvalue weighted by atomic mass is 32.2. The van der Waals surface area contributed by atoms with Crippen LogP contribution >= 0.6 is 19.6 Å². The van der Waals surface area contributed by atoms with E-state index in [0.29, 0.717) is 0 Å². The zero-order chi connectivity index (χ0) is 22.4. The molecule has 0 aliphatic heterocycles. The van der Waals surface area contributed by atoms with E-state index < -0.39 is 19.0 Å². The molecule has 0 saturated carbocycles. The first-order valence-electron chi connectivity index (χ1n) is 11.0. The number of aliphatic hydroxyl groups is 1. The third-order valence-electron chi connectivity index (χ3n) is 4.62. The van der Waals surface area contributed by atoms with Crippen molar-refractivity contribution in [1.82, 2.24) is 0 Å². The van der Waals surface area contributed by atoms with Crippen molar-refractivity contribution in [3.63, 3.8) is 0 Å². The maximum absolute atomic E-state index is 11.3. The molecule has 0 aliphatic carbocycles. The Morgan fingerprint density at radius 3 is 1.48 bits per heavy atom. The van der Waals surface area contributed by atoms with Gasteiger partial charge in [0.1, 0.15) is 5.25 Å². The summed E-state index contributed by atoms with van der Waals surface area (Å²) in [6.45, 7) is 2.33. The molecule has 0 aromatic carbocycles. The molecule has 0 amide bonds. The van der Waals surface area contributed by atoms with Gasteiger partial charge in [-0.1, -0.05) is 102 Å². The fourth-order valence-electron chi connectivity index (χ4n) is 2.87. The van der Waals surface area contributed by atoms with Crippen molar-refractivity contribution in [1.29, 1.82) is 0 Å². The van der Waals surface area contributed by atoms with Crippen molar-refractivity contribution in [2.45, 2.75) is 102 Å². The molecule has 178 valence electrons. The summed E-state index contributed by atoms with van der Waals surface area (Å²) in [6.07, 6.45) is 21.3. The van der Waals surface area contributed by atoms with E-state index >= 15 is 0 Å². The smallest absolute Gasteiger partial charge is 0.466 e. The Kier molecular flexibility index (Phi) is 25.7. The normalized spacial score (nSPS) is 13.6. The van der Waals surface area contributed by atoms with Crippen molar-refractivity contribution in [3.8, 4) is 0 Å². The molecule has 29 heavy (non-hydrogen) atoms. The lowest BCUT2D eigenvalue weighted by Crippen LogP contribution is -2.26. The van der Waals surface area contributed by atoms with Crippen molar-refractivity contribution in [3.05, 3.63) is 0 Å². The van der Waals surface area contributed by atoms with Gasteiger partial charge in [-0.3, -0.25) is 0 Å². The lowest BCUT2D eigenvalue weighted by molar-refractivity contribution is 0.275. The average molecular weight is 477 g/mol. The summed E-state index contributed by atoms with van der Waals surface area (Å²) in [6, 6.07) is 0. The van der Waals surface area contributed by atoms with E-state index in [9.17, 15) is 4.55 Å². The summed E-state index contributed by atoms with van der Waals surface area (Å²) in [7, 11) is -4.64. The first-order valence-corrected chi connectivity index (χ1v) is 15.4. The molecule has 0 saturated heterocycles. The number of aliphatic hydroxyl groups excluding tert-OH is 1. The summed E-state index contributed by atoms with van der Waals surface area (Å²) in [5.74, 6) is 1.98. The van der Waals surface area contributed by atoms with E-state index in [0.717, 1.165) is 11.5 Å². The maximum Gasteiger partial charge on any atom is 0.466 e. The monoisotopic (exact) mass is 476 g/mol. The molecule has 0 fully saturated rings. The second kappa shape index (κ2) is 23.4. The van der Waals surface area contributed by atoms with Crippen LogP contribution in [0.3, 0.4) is 0 Å². The Morgan fingerprint density at radius 1 is 0.828 bits per heavy atom. The van der Waals surface area contributed by atoms with Gasteiger partial charge in [0.15, 0.2) is 0 Å². The molecule has 2 unspecified atom stereocenters. The summed E-state index contributed by atoms with van der Waals surface area (Å²) in [4.78, 5) is 21.6. The summed E-state index contributed by atoms with van der Waals surface area (Å²) in [5.41, 5.74) is 0. The van der Waals surface area contributed by atoms with E-state index in [4.69, 9.17) is 24.4 Å². The van der Waals surface area contributed by atoms with Crippen LogP contribution in [-0.2, 0) is 15.7 Å². The van der Waals surface area contributed by atoms with E-state index in [1.54, 1.807) is 6.26 Å². The van der Waals surface area contributed by atoms with Crippen molar-refractivity contribution in [2.75, 3.05) is 24.4 Å². The topological polar surface area (TPSA) is 121 Å². The number of phosphoric acid groups is 1. The fourth-order valence-corrected chi connectivity index (χ4v) is 5.08. The minimum absolute atomic E-state index is 0.0401. The van der Waals surface area contributed by atoms with Crippen LogP contribution in [0.25, 0.3) is 0 Å². The largest absolute Gasteiger partial charge is 0.616 e. The number of thioether (sulfide) groups is 1. The average Bonchev–Trinajstić information content (AvgIpc) is 2.62. The molecule has 0 radical (unpaired) electrons. The quantitative estimate of drug-likeness (QED) is 0.117. The Morgan fingerprint density at radius 2 is 1.17 bits per heavy atom. The zero-order valence-electron chi connectivity index (χ0n) is 18.5. The van der Waals surface area contributed by atoms with Gasteiger partial charge < -0.3 is 24.3 Å². The Balaban J connectivity index is 0. The summed E-state index contributed by atoms with van der Waals surface area (Å²) < 4.78 is 20.2. The third kappa shape index (κ3) is 33.6. The van der Waals surface area contributed by atoms with Gasteiger partial charge in [0, 0.05) is 5.75 Å². The van der Waals surface area contributed by atoms with Crippen LogP contribution < -0.4 is 0 Å². The summed E-state index contributed by atoms with van der Waals surface area (Å²) in [5, 5.41) is 9.08. The van der Waals surface area contributed by atoms with Gasteiger partial charge in [-0.15, -0.1) is 0 Å². The fraction of sp³-hybridized carbons (Fsp3) is 1.00. The molecule has 0 rings (SSSR count). The van der Waals surface area contributed by atoms with Crippen molar-refractivity contribution < 1.29 is 28.9 Å². The first-order chi connectivity index (χ1) is 13.7. The Labute approximate surface area is 186 Å². The number of hydrogen-bond donors (Lipinski definition) is 4. The molecule has 6 nitrogen and oxygen atoms in total. The third-order valence-corrected chi connectivity index (χ3v) is 7.30. The minimum Gasteiger partial charge on any atom is -0.616 e. The van der Waals surface area contributed by atoms with E-state index in [1.165, 1.54) is 89.9 Å². The standard InChI is InChI=1S/C20H42O2S2.H3O4P/c1-3-4-5-6-7-8-9-10-11-12-13-14-15-16-17-23-19-20(18-21)24(2)22;1-5(2,3)4/h20-21H,3-19H2,1-2H3;(H3,1,2,3,4). The van der Waals surface area contributed by atoms with Crippen molar-refractivity contribution in [2.24, 2.45) is 0 Å². The lowest BCUT2D eigenvalue weighted by Gasteiger charge is -2.15. The van der Waals surface area contributed by atoms with Gasteiger partial charge >= 0.3 is 7.82 Å². The molecule has 0 bridgehead atoms. The van der Waals surface area contributed by atoms with Crippen LogP contribution in [-0.4, -0.2) is 54.0 Å². The van der Waals surface area contributed by atoms with E-state index in [1.807, 2.05) is 11.8 Å². The predicted octanol–water partition coefficient (Wildman–Crippen LogP) is 5.01. The van der Waals surface area contributed by atoms with Gasteiger partial charge in [0.2, 0.25) is 0 Å². The first kappa shape index (κ1) is 31.9. The number of unbranched alkanes of at least 4 members (excludes halogenated alkanes) is 13. The Bertz CT molecular complexity index is 361. The zero-order valence-corrected chi connectivity index (χ0v) is 21.0. The van der Waals surface area contributed by atoms with Crippen LogP contribution in [0, 0.1) is 0 Å². The van der Waals surface area contributed by atoms with Crippen LogP contribution in [0.5, 0.6) is 0 Å². The van der Waals surface area contributed by atoms with Crippen LogP contribution in [0.2, 0.25) is 0 Å². The highest BCUT2D eigenvalue weighted by molar-refractivity contribution is 8.00. The predicted molar refractivity (Wildman–Crippen MR) is 127 cm³/mol. The number of hydrogen-bond acceptors (Lipinski definition) is 4. The van der Waals surface area contributed by atoms with E-state index in [-0.39, 0.29) is 11.9 Å². The second-order valence-electron chi connectivity index (χ2n) is 7.49. The van der Waals surface area contributed by atoms with Crippen LogP contribution in [0.15, 0.2) is 0 Å². The molecule has 0 aromatic heterocycles. The molecule has 9 heteroatoms. The molecular formula is C20H45O6PS2. The number of rotatable bonds is 19. The SMILES string of the molecule is CCCCCCCCCCCCCCCCSCC(CO)[S+](C)[O-].O=P(O)(O)O. The second-order valence-corrected chi connectivity index (χ2v) is 11.3. The molecule has 4 N–H and O–H groups in total. The van der Waals surface area contributed by atoms with Crippen molar-refractivity contribution >= 4 is 30.8 Å². The molecular weight excluding hydrogens is 431 g/mol. The summed E-state index contributed by atoms with van der Waals surface area (Å²) >= 11 is 0.953. The molecule has 0 spiro atoms. The van der Waals surface area contributed by atoms with Gasteiger partial charge in [-0.05, 0) is 12.2 Å². The van der Waals surface area contributed by atoms with Gasteiger partial charge in [-0.25, -0.2) is 4.57 Å². The molecule has 0 heterocycles. The highest BCUT2D eigenvalue weighted by Gasteiger charge is 2.16. The molecule has 0 aromatic rings. The maximum atomic E-state index is 11.3. The van der Waals surface area contributed by atoms with E-state index in [2.05, 4.69) is 6.92 Å². The van der Waals surface area contributed by atoms with Crippen LogP contribution in [0.1, 0.15) is 96.8 Å². The minimum atomic E-state index is -4.64.